The summed E-state index contributed by atoms with van der Waals surface area (Å²) in [6.45, 7) is 2.70. The average Bonchev–Trinajstić information content (AvgIpc) is 2.68. The highest BCUT2D eigenvalue weighted by Gasteiger charge is 2.23. The molecule has 1 saturated heterocycles. The maximum Gasteiger partial charge on any atom is 0.255 e. The highest BCUT2D eigenvalue weighted by atomic mass is 16.5. The molecule has 0 saturated carbocycles. The summed E-state index contributed by atoms with van der Waals surface area (Å²) in [7, 11) is 1.59. The monoisotopic (exact) mass is 338 g/mol. The van der Waals surface area contributed by atoms with Gasteiger partial charge in [0.1, 0.15) is 5.75 Å². The smallest absolute Gasteiger partial charge is 0.255 e. The van der Waals surface area contributed by atoms with Gasteiger partial charge >= 0.3 is 0 Å². The second-order valence-corrected chi connectivity index (χ2v) is 6.52. The van der Waals surface area contributed by atoms with E-state index in [1.165, 1.54) is 18.4 Å². The van der Waals surface area contributed by atoms with Crippen molar-refractivity contribution < 1.29 is 9.53 Å². The van der Waals surface area contributed by atoms with Gasteiger partial charge in [-0.25, -0.2) is 0 Å². The van der Waals surface area contributed by atoms with E-state index in [1.807, 2.05) is 24.3 Å². The molecule has 4 nitrogen and oxygen atoms in total. The van der Waals surface area contributed by atoms with Crippen molar-refractivity contribution >= 4 is 5.91 Å². The van der Waals surface area contributed by atoms with E-state index < -0.39 is 0 Å². The van der Waals surface area contributed by atoms with E-state index in [-0.39, 0.29) is 5.91 Å². The molecule has 0 aliphatic carbocycles. The van der Waals surface area contributed by atoms with Crippen molar-refractivity contribution in [1.82, 2.24) is 10.2 Å². The number of piperidine rings is 1. The van der Waals surface area contributed by atoms with Crippen molar-refractivity contribution in [3.63, 3.8) is 0 Å². The molecular formula is C21H26N2O2. The van der Waals surface area contributed by atoms with Crippen LogP contribution in [0.1, 0.15) is 35.2 Å². The fraction of sp³-hybridized carbons (Fsp3) is 0.381. The average molecular weight is 338 g/mol. The third-order valence-corrected chi connectivity index (χ3v) is 4.83. The molecule has 0 aromatic heterocycles. The maximum atomic E-state index is 12.5. The first-order chi connectivity index (χ1) is 12.3. The molecule has 2 aromatic carbocycles. The quantitative estimate of drug-likeness (QED) is 0.877. The first kappa shape index (κ1) is 17.5. The molecule has 3 rings (SSSR count). The number of likely N-dealkylation sites (tertiary alicyclic amines) is 1. The molecule has 1 unspecified atom stereocenters. The maximum absolute atomic E-state index is 12.5. The van der Waals surface area contributed by atoms with Crippen LogP contribution in [0.5, 0.6) is 5.75 Å². The summed E-state index contributed by atoms with van der Waals surface area (Å²) >= 11 is 0. The molecule has 4 heteroatoms. The molecule has 1 fully saturated rings. The molecule has 1 heterocycles. The molecule has 0 spiro atoms. The summed E-state index contributed by atoms with van der Waals surface area (Å²) in [5.41, 5.74) is 1.92. The van der Waals surface area contributed by atoms with E-state index in [2.05, 4.69) is 34.5 Å². The highest BCUT2D eigenvalue weighted by Crippen LogP contribution is 2.20. The lowest BCUT2D eigenvalue weighted by molar-refractivity contribution is 0.0905. The molecule has 2 aromatic rings. The van der Waals surface area contributed by atoms with Gasteiger partial charge in [0.15, 0.2) is 0 Å². The first-order valence-corrected chi connectivity index (χ1v) is 8.97. The summed E-state index contributed by atoms with van der Waals surface area (Å²) in [6, 6.07) is 18.3. The van der Waals surface area contributed by atoms with Crippen LogP contribution in [-0.4, -0.2) is 37.0 Å². The molecular weight excluding hydrogens is 312 g/mol. The minimum atomic E-state index is -0.0670. The minimum absolute atomic E-state index is 0.0670. The Morgan fingerprint density at radius 3 is 2.68 bits per heavy atom. The zero-order valence-corrected chi connectivity index (χ0v) is 14.8. The van der Waals surface area contributed by atoms with Crippen molar-refractivity contribution in [2.45, 2.75) is 31.8 Å². The third-order valence-electron chi connectivity index (χ3n) is 4.83. The molecule has 0 bridgehead atoms. The van der Waals surface area contributed by atoms with E-state index in [0.717, 1.165) is 19.5 Å². The van der Waals surface area contributed by atoms with Gasteiger partial charge < -0.3 is 10.1 Å². The number of rotatable bonds is 6. The van der Waals surface area contributed by atoms with Crippen molar-refractivity contribution in [1.29, 1.82) is 0 Å². The van der Waals surface area contributed by atoms with E-state index in [9.17, 15) is 4.79 Å². The summed E-state index contributed by atoms with van der Waals surface area (Å²) in [6.07, 6.45) is 3.57. The number of nitrogens with zero attached hydrogens (tertiary/aromatic N) is 1. The third kappa shape index (κ3) is 4.60. The van der Waals surface area contributed by atoms with Gasteiger partial charge in [0.05, 0.1) is 12.7 Å². The van der Waals surface area contributed by atoms with Gasteiger partial charge in [0.2, 0.25) is 0 Å². The zero-order valence-electron chi connectivity index (χ0n) is 14.8. The number of hydrogen-bond donors (Lipinski definition) is 1. The number of hydrogen-bond acceptors (Lipinski definition) is 3. The lowest BCUT2D eigenvalue weighted by Crippen LogP contribution is -2.46. The number of para-hydroxylation sites is 1. The summed E-state index contributed by atoms with van der Waals surface area (Å²) in [5.74, 6) is 0.549. The fourth-order valence-corrected chi connectivity index (χ4v) is 3.46. The van der Waals surface area contributed by atoms with Gasteiger partial charge in [-0.3, -0.25) is 9.69 Å². The van der Waals surface area contributed by atoms with Crippen LogP contribution in [0.4, 0.5) is 0 Å². The van der Waals surface area contributed by atoms with Crippen LogP contribution in [0, 0.1) is 0 Å². The minimum Gasteiger partial charge on any atom is -0.496 e. The molecule has 1 atom stereocenters. The van der Waals surface area contributed by atoms with Crippen molar-refractivity contribution in [3.8, 4) is 5.75 Å². The van der Waals surface area contributed by atoms with Gasteiger partial charge in [-0.15, -0.1) is 0 Å². The SMILES string of the molecule is COc1ccccc1C(=O)NCC1CCCCN1Cc1ccccc1. The van der Waals surface area contributed by atoms with Gasteiger partial charge in [0, 0.05) is 19.1 Å². The summed E-state index contributed by atoms with van der Waals surface area (Å²) in [5, 5.41) is 3.10. The Morgan fingerprint density at radius 2 is 1.88 bits per heavy atom. The van der Waals surface area contributed by atoms with Gasteiger partial charge in [-0.05, 0) is 37.1 Å². The van der Waals surface area contributed by atoms with E-state index in [1.54, 1.807) is 13.2 Å². The van der Waals surface area contributed by atoms with Crippen molar-refractivity contribution in [2.24, 2.45) is 0 Å². The van der Waals surface area contributed by atoms with Gasteiger partial charge in [-0.2, -0.15) is 0 Å². The van der Waals surface area contributed by atoms with Crippen LogP contribution in [0.15, 0.2) is 54.6 Å². The number of ether oxygens (including phenoxy) is 1. The van der Waals surface area contributed by atoms with Crippen LogP contribution in [0.2, 0.25) is 0 Å². The second kappa shape index (κ2) is 8.67. The van der Waals surface area contributed by atoms with Crippen LogP contribution in [-0.2, 0) is 6.54 Å². The standard InChI is InChI=1S/C21H26N2O2/c1-25-20-13-6-5-12-19(20)21(24)22-15-18-11-7-8-14-23(18)16-17-9-3-2-4-10-17/h2-6,9-10,12-13,18H,7-8,11,14-16H2,1H3,(H,22,24). The number of methoxy groups -OCH3 is 1. The predicted molar refractivity (Wildman–Crippen MR) is 99.8 cm³/mol. The molecule has 1 N–H and O–H groups in total. The largest absolute Gasteiger partial charge is 0.496 e. The molecule has 132 valence electrons. The lowest BCUT2D eigenvalue weighted by atomic mass is 10.0. The van der Waals surface area contributed by atoms with E-state index >= 15 is 0 Å². The molecule has 1 amide bonds. The Labute approximate surface area is 149 Å². The zero-order chi connectivity index (χ0) is 17.5. The Kier molecular flexibility index (Phi) is 6.07. The summed E-state index contributed by atoms with van der Waals surface area (Å²) < 4.78 is 5.29. The van der Waals surface area contributed by atoms with Gasteiger partial charge in [0.25, 0.3) is 5.91 Å². The van der Waals surface area contributed by atoms with Crippen LogP contribution < -0.4 is 10.1 Å². The topological polar surface area (TPSA) is 41.6 Å². The Hall–Kier alpha value is -2.33. The Bertz CT molecular complexity index is 687. The fourth-order valence-electron chi connectivity index (χ4n) is 3.46. The van der Waals surface area contributed by atoms with Gasteiger partial charge in [-0.1, -0.05) is 48.9 Å². The number of benzene rings is 2. The Balaban J connectivity index is 1.61. The number of amides is 1. The van der Waals surface area contributed by atoms with Crippen LogP contribution >= 0.6 is 0 Å². The number of nitrogens with one attached hydrogen (secondary N) is 1. The van der Waals surface area contributed by atoms with Crippen molar-refractivity contribution in [3.05, 3.63) is 65.7 Å². The summed E-state index contributed by atoms with van der Waals surface area (Å²) in [4.78, 5) is 15.0. The highest BCUT2D eigenvalue weighted by molar-refractivity contribution is 5.96. The predicted octanol–water partition coefficient (Wildman–Crippen LogP) is 3.48. The number of carbonyl (C=O) groups is 1. The Morgan fingerprint density at radius 1 is 1.12 bits per heavy atom. The molecule has 1 aliphatic heterocycles. The normalized spacial score (nSPS) is 17.9. The van der Waals surface area contributed by atoms with Crippen LogP contribution in [0.3, 0.4) is 0 Å². The van der Waals surface area contributed by atoms with Crippen LogP contribution in [0.25, 0.3) is 0 Å². The van der Waals surface area contributed by atoms with E-state index in [0.29, 0.717) is 23.9 Å². The number of carbonyl (C=O) groups excluding carboxylic acids is 1. The molecule has 0 radical (unpaired) electrons. The second-order valence-electron chi connectivity index (χ2n) is 6.52. The van der Waals surface area contributed by atoms with E-state index in [4.69, 9.17) is 4.74 Å². The van der Waals surface area contributed by atoms with Crippen molar-refractivity contribution in [2.75, 3.05) is 20.2 Å². The molecule has 25 heavy (non-hydrogen) atoms. The molecule has 1 aliphatic rings. The first-order valence-electron chi connectivity index (χ1n) is 8.97. The lowest BCUT2D eigenvalue weighted by Gasteiger charge is -2.36.